The average molecular weight is 269 g/mol. The van der Waals surface area contributed by atoms with Gasteiger partial charge in [-0.25, -0.2) is 0 Å². The maximum absolute atomic E-state index is 11.2. The van der Waals surface area contributed by atoms with Crippen molar-refractivity contribution in [2.45, 2.75) is 13.0 Å². The topological polar surface area (TPSA) is 34.0 Å². The maximum Gasteiger partial charge on any atom is 0.250 e. The van der Waals surface area contributed by atoms with Gasteiger partial charge in [-0.05, 0) is 30.0 Å². The Kier molecular flexibility index (Phi) is 3.54. The van der Waals surface area contributed by atoms with Crippen molar-refractivity contribution < 1.29 is 0 Å². The van der Waals surface area contributed by atoms with Crippen molar-refractivity contribution in [3.8, 4) is 0 Å². The van der Waals surface area contributed by atoms with Crippen LogP contribution in [-0.2, 0) is 7.05 Å². The lowest BCUT2D eigenvalue weighted by molar-refractivity contribution is 0.841. The van der Waals surface area contributed by atoms with Crippen LogP contribution in [0.25, 0.3) is 0 Å². The van der Waals surface area contributed by atoms with Crippen molar-refractivity contribution in [2.24, 2.45) is 7.05 Å². The summed E-state index contributed by atoms with van der Waals surface area (Å²) in [7, 11) is 1.74. The predicted octanol–water partition coefficient (Wildman–Crippen LogP) is 3.27. The molecule has 0 bridgehead atoms. The number of thiophene rings is 1. The minimum atomic E-state index is -0.0122. The number of aromatic nitrogens is 1. The number of nitrogens with one attached hydrogen (secondary N) is 1. The number of rotatable bonds is 3. The molecule has 1 N–H and O–H groups in total. The van der Waals surface area contributed by atoms with E-state index in [-0.39, 0.29) is 11.6 Å². The van der Waals surface area contributed by atoms with Crippen LogP contribution in [-0.4, -0.2) is 4.57 Å². The zero-order chi connectivity index (χ0) is 12.4. The minimum absolute atomic E-state index is 0.0122. The minimum Gasteiger partial charge on any atom is -0.377 e. The summed E-state index contributed by atoms with van der Waals surface area (Å²) in [6, 6.07) is 5.45. The first-order valence-corrected chi connectivity index (χ1v) is 6.49. The molecule has 0 aliphatic rings. The average Bonchev–Trinajstić information content (AvgIpc) is 2.70. The number of aryl methyl sites for hydroxylation is 1. The lowest BCUT2D eigenvalue weighted by Gasteiger charge is -2.14. The van der Waals surface area contributed by atoms with Crippen molar-refractivity contribution >= 4 is 28.6 Å². The first-order valence-electron chi connectivity index (χ1n) is 5.23. The maximum atomic E-state index is 11.2. The molecule has 1 unspecified atom stereocenters. The second kappa shape index (κ2) is 4.94. The van der Waals surface area contributed by atoms with E-state index in [0.717, 1.165) is 15.6 Å². The fourth-order valence-electron chi connectivity index (χ4n) is 1.56. The number of nitrogens with zero attached hydrogens (tertiary/aromatic N) is 1. The molecular weight excluding hydrogens is 256 g/mol. The SMILES string of the molecule is CC(Nc1ccc(=O)n(C)c1)c1csc(Cl)c1. The van der Waals surface area contributed by atoms with Gasteiger partial charge in [-0.15, -0.1) is 11.3 Å². The summed E-state index contributed by atoms with van der Waals surface area (Å²) in [6.45, 7) is 2.06. The molecule has 0 aromatic carbocycles. The smallest absolute Gasteiger partial charge is 0.250 e. The van der Waals surface area contributed by atoms with Crippen LogP contribution in [0.3, 0.4) is 0 Å². The molecule has 0 saturated carbocycles. The zero-order valence-electron chi connectivity index (χ0n) is 9.61. The Morgan fingerprint density at radius 3 is 2.82 bits per heavy atom. The lowest BCUT2D eigenvalue weighted by atomic mass is 10.2. The standard InChI is InChI=1S/C12H13ClN2OS/c1-8(9-5-11(13)17-7-9)14-10-3-4-12(16)15(2)6-10/h3-8,14H,1-2H3. The van der Waals surface area contributed by atoms with E-state index in [1.54, 1.807) is 29.9 Å². The molecule has 0 radical (unpaired) electrons. The summed E-state index contributed by atoms with van der Waals surface area (Å²) in [5, 5.41) is 5.36. The molecule has 2 heterocycles. The third kappa shape index (κ3) is 2.90. The lowest BCUT2D eigenvalue weighted by Crippen LogP contribution is -2.16. The van der Waals surface area contributed by atoms with E-state index in [2.05, 4.69) is 12.2 Å². The molecule has 0 aliphatic carbocycles. The fourth-order valence-corrected chi connectivity index (χ4v) is 2.55. The first-order chi connectivity index (χ1) is 8.06. The normalized spacial score (nSPS) is 12.4. The van der Waals surface area contributed by atoms with Crippen LogP contribution < -0.4 is 10.9 Å². The number of pyridine rings is 1. The van der Waals surface area contributed by atoms with Crippen LogP contribution in [0.1, 0.15) is 18.5 Å². The van der Waals surface area contributed by atoms with Gasteiger partial charge in [0.1, 0.15) is 0 Å². The molecular formula is C12H13ClN2OS. The van der Waals surface area contributed by atoms with Gasteiger partial charge in [0.05, 0.1) is 10.0 Å². The number of anilines is 1. The Balaban J connectivity index is 2.15. The molecule has 3 nitrogen and oxygen atoms in total. The Bertz CT molecular complexity index is 576. The summed E-state index contributed by atoms with van der Waals surface area (Å²) in [5.74, 6) is 0. The highest BCUT2D eigenvalue weighted by atomic mass is 35.5. The van der Waals surface area contributed by atoms with Crippen molar-refractivity contribution in [2.75, 3.05) is 5.32 Å². The van der Waals surface area contributed by atoms with Crippen molar-refractivity contribution in [1.29, 1.82) is 0 Å². The van der Waals surface area contributed by atoms with Crippen LogP contribution in [0.5, 0.6) is 0 Å². The highest BCUT2D eigenvalue weighted by Crippen LogP contribution is 2.26. The fraction of sp³-hybridized carbons (Fsp3) is 0.250. The van der Waals surface area contributed by atoms with E-state index in [4.69, 9.17) is 11.6 Å². The van der Waals surface area contributed by atoms with Gasteiger partial charge in [0, 0.05) is 25.4 Å². The highest BCUT2D eigenvalue weighted by Gasteiger charge is 2.07. The quantitative estimate of drug-likeness (QED) is 0.927. The van der Waals surface area contributed by atoms with Crippen LogP contribution in [0.15, 0.2) is 34.6 Å². The van der Waals surface area contributed by atoms with Gasteiger partial charge in [0.15, 0.2) is 0 Å². The second-order valence-electron chi connectivity index (χ2n) is 3.92. The highest BCUT2D eigenvalue weighted by molar-refractivity contribution is 7.14. The predicted molar refractivity (Wildman–Crippen MR) is 73.0 cm³/mol. The molecule has 0 aliphatic heterocycles. The summed E-state index contributed by atoms with van der Waals surface area (Å²) in [6.07, 6.45) is 1.78. The van der Waals surface area contributed by atoms with Gasteiger partial charge in [0.25, 0.3) is 0 Å². The third-order valence-electron chi connectivity index (χ3n) is 2.56. The van der Waals surface area contributed by atoms with Gasteiger partial charge >= 0.3 is 0 Å². The zero-order valence-corrected chi connectivity index (χ0v) is 11.2. The molecule has 0 saturated heterocycles. The van der Waals surface area contributed by atoms with Crippen LogP contribution >= 0.6 is 22.9 Å². The van der Waals surface area contributed by atoms with Crippen LogP contribution in [0.2, 0.25) is 4.34 Å². The Morgan fingerprint density at radius 1 is 1.47 bits per heavy atom. The largest absolute Gasteiger partial charge is 0.377 e. The number of hydrogen-bond donors (Lipinski definition) is 1. The summed E-state index contributed by atoms with van der Waals surface area (Å²) < 4.78 is 2.34. The van der Waals surface area contributed by atoms with E-state index < -0.39 is 0 Å². The number of hydrogen-bond acceptors (Lipinski definition) is 3. The monoisotopic (exact) mass is 268 g/mol. The van der Waals surface area contributed by atoms with Gasteiger partial charge < -0.3 is 9.88 Å². The molecule has 1 atom stereocenters. The molecule has 17 heavy (non-hydrogen) atoms. The molecule has 0 fully saturated rings. The summed E-state index contributed by atoms with van der Waals surface area (Å²) in [5.41, 5.74) is 2.05. The van der Waals surface area contributed by atoms with Crippen LogP contribution in [0, 0.1) is 0 Å². The molecule has 2 aromatic heterocycles. The van der Waals surface area contributed by atoms with E-state index in [1.165, 1.54) is 11.3 Å². The van der Waals surface area contributed by atoms with E-state index in [9.17, 15) is 4.79 Å². The number of halogens is 1. The molecule has 0 amide bonds. The van der Waals surface area contributed by atoms with E-state index in [1.807, 2.05) is 11.4 Å². The van der Waals surface area contributed by atoms with Gasteiger partial charge in [0.2, 0.25) is 5.56 Å². The molecule has 0 spiro atoms. The van der Waals surface area contributed by atoms with Crippen molar-refractivity contribution in [3.05, 3.63) is 50.0 Å². The van der Waals surface area contributed by atoms with Gasteiger partial charge in [-0.2, -0.15) is 0 Å². The molecule has 90 valence electrons. The Labute approximate surface area is 109 Å². The summed E-state index contributed by atoms with van der Waals surface area (Å²) in [4.78, 5) is 11.2. The van der Waals surface area contributed by atoms with Crippen molar-refractivity contribution in [1.82, 2.24) is 4.57 Å². The molecule has 2 rings (SSSR count). The summed E-state index contributed by atoms with van der Waals surface area (Å²) >= 11 is 7.42. The van der Waals surface area contributed by atoms with E-state index in [0.29, 0.717) is 0 Å². The third-order valence-corrected chi connectivity index (χ3v) is 3.67. The molecule has 5 heteroatoms. The molecule has 2 aromatic rings. The Morgan fingerprint density at radius 2 is 2.24 bits per heavy atom. The second-order valence-corrected chi connectivity index (χ2v) is 5.46. The Hall–Kier alpha value is -1.26. The van der Waals surface area contributed by atoms with E-state index >= 15 is 0 Å². The van der Waals surface area contributed by atoms with Crippen LogP contribution in [0.4, 0.5) is 5.69 Å². The first kappa shape index (κ1) is 12.2. The van der Waals surface area contributed by atoms with Crippen molar-refractivity contribution in [3.63, 3.8) is 0 Å². The van der Waals surface area contributed by atoms with Gasteiger partial charge in [-0.1, -0.05) is 11.6 Å². The van der Waals surface area contributed by atoms with Gasteiger partial charge in [-0.3, -0.25) is 4.79 Å².